The zero-order valence-corrected chi connectivity index (χ0v) is 19.4. The highest BCUT2D eigenvalue weighted by molar-refractivity contribution is 5.85. The molecule has 0 aliphatic rings. The van der Waals surface area contributed by atoms with Gasteiger partial charge in [-0.3, -0.25) is 0 Å². The summed E-state index contributed by atoms with van der Waals surface area (Å²) >= 11 is 0. The van der Waals surface area contributed by atoms with Crippen LogP contribution in [0.15, 0.2) is 72.8 Å². The normalized spacial score (nSPS) is 12.5. The first-order valence-electron chi connectivity index (χ1n) is 10.9. The van der Waals surface area contributed by atoms with E-state index in [1.54, 1.807) is 0 Å². The largest absolute Gasteiger partial charge is 0.508 e. The number of phenolic OH excluding ortho intramolecular Hbond substituents is 6. The van der Waals surface area contributed by atoms with Gasteiger partial charge in [0.2, 0.25) is 5.41 Å². The molecule has 0 fully saturated rings. The molecule has 0 spiro atoms. The number of aromatic hydroxyl groups is 6. The van der Waals surface area contributed by atoms with Crippen molar-refractivity contribution in [3.63, 3.8) is 0 Å². The van der Waals surface area contributed by atoms with Crippen LogP contribution in [-0.4, -0.2) is 43.0 Å². The molecule has 0 saturated heterocycles. The lowest BCUT2D eigenvalue weighted by Crippen LogP contribution is -2.55. The average molecular weight is 552 g/mol. The van der Waals surface area contributed by atoms with Gasteiger partial charge in [0.25, 0.3) is 0 Å². The van der Waals surface area contributed by atoms with Crippen LogP contribution in [0.4, 0.5) is 26.3 Å². The third-order valence-corrected chi connectivity index (χ3v) is 6.24. The van der Waals surface area contributed by atoms with Crippen molar-refractivity contribution in [3.8, 4) is 56.8 Å². The van der Waals surface area contributed by atoms with Gasteiger partial charge in [-0.2, -0.15) is 26.3 Å². The molecular formula is C27H18F6O6. The molecular weight excluding hydrogens is 534 g/mol. The van der Waals surface area contributed by atoms with Gasteiger partial charge in [0.15, 0.2) is 0 Å². The highest BCUT2D eigenvalue weighted by Crippen LogP contribution is 2.64. The van der Waals surface area contributed by atoms with Gasteiger partial charge in [-0.05, 0) is 59.7 Å². The van der Waals surface area contributed by atoms with E-state index in [-0.39, 0.29) is 0 Å². The van der Waals surface area contributed by atoms with Crippen LogP contribution in [0.5, 0.6) is 34.5 Å². The molecule has 4 rings (SSSR count). The van der Waals surface area contributed by atoms with Crippen molar-refractivity contribution < 1.29 is 57.0 Å². The SMILES string of the molecule is Oc1ccc(-c2c(O)ccc(O)c2C(c2c(O)ccc(O)c2-c2ccc(O)cc2)(C(F)(F)F)C(F)(F)F)cc1. The predicted molar refractivity (Wildman–Crippen MR) is 127 cm³/mol. The predicted octanol–water partition coefficient (Wildman–Crippen LogP) is 6.66. The Morgan fingerprint density at radius 1 is 0.385 bits per heavy atom. The van der Waals surface area contributed by atoms with Gasteiger partial charge in [0, 0.05) is 22.3 Å². The van der Waals surface area contributed by atoms with Crippen LogP contribution >= 0.6 is 0 Å². The number of alkyl halides is 6. The van der Waals surface area contributed by atoms with Crippen LogP contribution in [-0.2, 0) is 5.41 Å². The van der Waals surface area contributed by atoms with E-state index in [1.165, 1.54) is 0 Å². The lowest BCUT2D eigenvalue weighted by molar-refractivity contribution is -0.289. The van der Waals surface area contributed by atoms with Gasteiger partial charge in [0.1, 0.15) is 34.5 Å². The summed E-state index contributed by atoms with van der Waals surface area (Å²) in [6.45, 7) is 0. The van der Waals surface area contributed by atoms with Crippen LogP contribution in [0.3, 0.4) is 0 Å². The number of hydrogen-bond donors (Lipinski definition) is 6. The molecule has 0 saturated carbocycles. The van der Waals surface area contributed by atoms with E-state index in [0.717, 1.165) is 48.5 Å². The average Bonchev–Trinajstić information content (AvgIpc) is 2.83. The molecule has 6 N–H and O–H groups in total. The maximum absolute atomic E-state index is 15.2. The Labute approximate surface area is 215 Å². The lowest BCUT2D eigenvalue weighted by Gasteiger charge is -2.41. The molecule has 0 aliphatic carbocycles. The van der Waals surface area contributed by atoms with Gasteiger partial charge in [0.05, 0.1) is 0 Å². The number of hydrogen-bond acceptors (Lipinski definition) is 6. The molecule has 0 atom stereocenters. The zero-order valence-electron chi connectivity index (χ0n) is 19.4. The number of rotatable bonds is 4. The van der Waals surface area contributed by atoms with Gasteiger partial charge in [-0.15, -0.1) is 0 Å². The van der Waals surface area contributed by atoms with E-state index in [2.05, 4.69) is 0 Å². The Morgan fingerprint density at radius 2 is 0.667 bits per heavy atom. The fraction of sp³-hybridized carbons (Fsp3) is 0.111. The summed E-state index contributed by atoms with van der Waals surface area (Å²) in [5.41, 5.74) is -12.1. The summed E-state index contributed by atoms with van der Waals surface area (Å²) < 4.78 is 91.2. The highest BCUT2D eigenvalue weighted by atomic mass is 19.4. The van der Waals surface area contributed by atoms with Crippen LogP contribution < -0.4 is 0 Å². The molecule has 0 unspecified atom stereocenters. The second-order valence-corrected chi connectivity index (χ2v) is 8.55. The van der Waals surface area contributed by atoms with Crippen LogP contribution in [0.25, 0.3) is 22.3 Å². The van der Waals surface area contributed by atoms with Gasteiger partial charge >= 0.3 is 12.4 Å². The minimum Gasteiger partial charge on any atom is -0.508 e. The molecule has 6 nitrogen and oxygen atoms in total. The van der Waals surface area contributed by atoms with Crippen LogP contribution in [0.2, 0.25) is 0 Å². The Kier molecular flexibility index (Phi) is 6.46. The summed E-state index contributed by atoms with van der Waals surface area (Å²) in [6, 6.07) is 9.70. The number of benzene rings is 4. The van der Waals surface area contributed by atoms with E-state index in [0.29, 0.717) is 24.3 Å². The maximum Gasteiger partial charge on any atom is 0.411 e. The van der Waals surface area contributed by atoms with E-state index < -0.39 is 85.6 Å². The number of phenols is 6. The van der Waals surface area contributed by atoms with Crippen molar-refractivity contribution in [2.24, 2.45) is 0 Å². The molecule has 0 aliphatic heterocycles. The second kappa shape index (κ2) is 9.22. The molecule has 0 amide bonds. The third kappa shape index (κ3) is 4.27. The van der Waals surface area contributed by atoms with Gasteiger partial charge in [-0.1, -0.05) is 24.3 Å². The van der Waals surface area contributed by atoms with Crippen molar-refractivity contribution in [1.82, 2.24) is 0 Å². The molecule has 12 heteroatoms. The standard InChI is InChI=1S/C27H18F6O6/c28-26(29,30)25(27(31,32)33,23-19(38)11-9-17(36)21(23)13-1-5-15(34)6-2-13)24-20(39)12-10-18(37)22(24)14-3-7-16(35)8-4-14/h1-12,34-39H. The Bertz CT molecular complexity index is 1410. The number of halogens is 6. The first kappa shape index (κ1) is 27.3. The van der Waals surface area contributed by atoms with Crippen molar-refractivity contribution in [3.05, 3.63) is 83.9 Å². The molecule has 204 valence electrons. The summed E-state index contributed by atoms with van der Waals surface area (Å²) in [6.07, 6.45) is -12.7. The molecule has 0 bridgehead atoms. The first-order chi connectivity index (χ1) is 18.1. The quantitative estimate of drug-likeness (QED) is 0.124. The second-order valence-electron chi connectivity index (χ2n) is 8.55. The van der Waals surface area contributed by atoms with E-state index in [4.69, 9.17) is 0 Å². The molecule has 39 heavy (non-hydrogen) atoms. The van der Waals surface area contributed by atoms with Gasteiger partial charge < -0.3 is 30.6 Å². The summed E-state index contributed by atoms with van der Waals surface area (Å²) in [7, 11) is 0. The molecule has 4 aromatic carbocycles. The topological polar surface area (TPSA) is 121 Å². The minimum atomic E-state index is -6.36. The monoisotopic (exact) mass is 552 g/mol. The highest BCUT2D eigenvalue weighted by Gasteiger charge is 2.75. The van der Waals surface area contributed by atoms with Crippen LogP contribution in [0, 0.1) is 0 Å². The maximum atomic E-state index is 15.2. The Hall–Kier alpha value is -4.74. The van der Waals surface area contributed by atoms with Crippen LogP contribution in [0.1, 0.15) is 11.1 Å². The summed E-state index contributed by atoms with van der Waals surface area (Å²) in [5.74, 6) is -6.03. The molecule has 0 heterocycles. The van der Waals surface area contributed by atoms with Crippen molar-refractivity contribution in [2.75, 3.05) is 0 Å². The van der Waals surface area contributed by atoms with E-state index in [9.17, 15) is 30.6 Å². The Morgan fingerprint density at radius 3 is 0.949 bits per heavy atom. The third-order valence-electron chi connectivity index (χ3n) is 6.24. The molecule has 4 aromatic rings. The molecule has 0 radical (unpaired) electrons. The van der Waals surface area contributed by atoms with Crippen molar-refractivity contribution in [2.45, 2.75) is 17.8 Å². The summed E-state index contributed by atoms with van der Waals surface area (Å²) in [4.78, 5) is 0. The fourth-order valence-corrected chi connectivity index (χ4v) is 4.61. The van der Waals surface area contributed by atoms with Crippen molar-refractivity contribution >= 4 is 0 Å². The van der Waals surface area contributed by atoms with Gasteiger partial charge in [-0.25, -0.2) is 0 Å². The fourth-order valence-electron chi connectivity index (χ4n) is 4.61. The zero-order chi connectivity index (χ0) is 28.9. The summed E-state index contributed by atoms with van der Waals surface area (Å²) in [5, 5.41) is 61.7. The molecule has 0 aromatic heterocycles. The lowest BCUT2D eigenvalue weighted by atomic mass is 9.67. The first-order valence-corrected chi connectivity index (χ1v) is 10.9. The Balaban J connectivity index is 2.32. The minimum absolute atomic E-state index is 0.391. The van der Waals surface area contributed by atoms with E-state index in [1.807, 2.05) is 0 Å². The van der Waals surface area contributed by atoms with Crippen molar-refractivity contribution in [1.29, 1.82) is 0 Å². The van der Waals surface area contributed by atoms with E-state index >= 15 is 26.3 Å². The smallest absolute Gasteiger partial charge is 0.411 e.